The number of H-pyrrole nitrogens is 2. The third-order valence-electron chi connectivity index (χ3n) is 19.8. The summed E-state index contributed by atoms with van der Waals surface area (Å²) in [7, 11) is 6.47. The average molecular weight is 1210 g/mol. The second-order valence-corrected chi connectivity index (χ2v) is 26.2. The van der Waals surface area contributed by atoms with Crippen LogP contribution in [0.5, 0.6) is 0 Å². The summed E-state index contributed by atoms with van der Waals surface area (Å²) in [6.45, 7) is 11.9. The fourth-order valence-corrected chi connectivity index (χ4v) is 14.7. The van der Waals surface area contributed by atoms with E-state index >= 15 is 0 Å². The van der Waals surface area contributed by atoms with E-state index in [9.17, 15) is 34.0 Å². The quantitative estimate of drug-likeness (QED) is 0.0634. The molecule has 0 spiro atoms. The number of nitrogens with one attached hydrogen (secondary N) is 8. The van der Waals surface area contributed by atoms with E-state index in [-0.39, 0.29) is 84.0 Å². The van der Waals surface area contributed by atoms with Gasteiger partial charge >= 0.3 is 0 Å². The Morgan fingerprint density at radius 2 is 1.02 bits per heavy atom. The molecule has 4 heterocycles. The van der Waals surface area contributed by atoms with Crippen molar-refractivity contribution in [3.8, 4) is 6.07 Å². The minimum absolute atomic E-state index is 0.0575. The number of nitrogens with zero attached hydrogens (tertiary/aromatic N) is 9. The minimum Gasteiger partial charge on any atom is -0.355 e. The van der Waals surface area contributed by atoms with Crippen molar-refractivity contribution < 1.29 is 28.8 Å². The smallest absolute Gasteiger partial charge is 0.251 e. The van der Waals surface area contributed by atoms with Crippen LogP contribution in [-0.4, -0.2) is 165 Å². The predicted molar refractivity (Wildman–Crippen MR) is 330 cm³/mol. The van der Waals surface area contributed by atoms with Crippen molar-refractivity contribution in [3.05, 3.63) is 151 Å². The fourth-order valence-electron chi connectivity index (χ4n) is 14.7. The number of carbonyl (C=O) groups is 6. The summed E-state index contributed by atoms with van der Waals surface area (Å²) in [5.74, 6) is 1.61. The molecular formula is C66H81N17O6. The van der Waals surface area contributed by atoms with E-state index in [0.29, 0.717) is 90.3 Å². The zero-order chi connectivity index (χ0) is 63.1. The molecule has 23 heteroatoms. The van der Waals surface area contributed by atoms with Gasteiger partial charge in [0, 0.05) is 81.2 Å². The Balaban J connectivity index is 0.000000184. The molecule has 2 saturated carbocycles. The van der Waals surface area contributed by atoms with Crippen LogP contribution in [0.1, 0.15) is 171 Å². The van der Waals surface area contributed by atoms with Gasteiger partial charge in [-0.25, -0.2) is 0 Å². The first-order valence-electron chi connectivity index (χ1n) is 31.1. The van der Waals surface area contributed by atoms with Crippen molar-refractivity contribution in [2.75, 3.05) is 47.8 Å². The SMILES string of the molecule is CNC(=O)c1ccc2c(c1)CCc1cc(C(=O)NC)ccc1C2(C[C@H](NCC(=O)N1CC[C@@H]2C[C@@H]21)C(C)(C)C)c1nn[nH]n1.CNC(=O)c1ccc2c(c1)CCc1cc(C(=O)NC)ccc1C2(C[C@H](NCC(=O)N1[C@H](C#N)C[C@@H]2C[C@@H]21)C(C)C)c1nn[nH]n1. The lowest BCUT2D eigenvalue weighted by Crippen LogP contribution is -2.50. The van der Waals surface area contributed by atoms with Gasteiger partial charge in [-0.05, 0) is 180 Å². The summed E-state index contributed by atoms with van der Waals surface area (Å²) >= 11 is 0. The average Bonchev–Trinajstić information content (AvgIpc) is 1.79. The molecule has 0 unspecified atom stereocenters. The number of rotatable bonds is 17. The summed E-state index contributed by atoms with van der Waals surface area (Å²) in [4.78, 5) is 81.4. The maximum Gasteiger partial charge on any atom is 0.251 e. The topological polar surface area (TPSA) is 314 Å². The van der Waals surface area contributed by atoms with E-state index in [4.69, 9.17) is 0 Å². The number of nitriles is 1. The van der Waals surface area contributed by atoms with E-state index in [1.165, 1.54) is 0 Å². The lowest BCUT2D eigenvalue weighted by atomic mass is 9.64. The number of carbonyl (C=O) groups excluding carboxylic acids is 6. The largest absolute Gasteiger partial charge is 0.355 e. The van der Waals surface area contributed by atoms with Crippen LogP contribution in [0, 0.1) is 34.5 Å². The molecule has 23 nitrogen and oxygen atoms in total. The van der Waals surface area contributed by atoms with Gasteiger partial charge in [-0.1, -0.05) is 69.3 Å². The van der Waals surface area contributed by atoms with Crippen LogP contribution in [0.25, 0.3) is 0 Å². The molecule has 6 aliphatic rings. The zero-order valence-electron chi connectivity index (χ0n) is 52.2. The molecule has 2 aromatic heterocycles. The van der Waals surface area contributed by atoms with Gasteiger partial charge in [0.2, 0.25) is 11.8 Å². The number of aryl methyl sites for hydroxylation is 4. The fraction of sp³-hybridized carbons (Fsp3) is 0.500. The summed E-state index contributed by atoms with van der Waals surface area (Å²) in [5.41, 5.74) is 8.04. The molecule has 4 aliphatic carbocycles. The van der Waals surface area contributed by atoms with Gasteiger partial charge < -0.3 is 41.7 Å². The normalized spacial score (nSPS) is 21.0. The number of amides is 6. The third kappa shape index (κ3) is 11.8. The summed E-state index contributed by atoms with van der Waals surface area (Å²) in [6, 6.07) is 25.3. The van der Waals surface area contributed by atoms with Crippen LogP contribution < -0.4 is 31.9 Å². The number of aromatic nitrogens is 8. The highest BCUT2D eigenvalue weighted by Crippen LogP contribution is 2.51. The van der Waals surface area contributed by atoms with Crippen molar-refractivity contribution in [2.45, 2.75) is 140 Å². The molecule has 0 radical (unpaired) electrons. The van der Waals surface area contributed by atoms with Gasteiger partial charge in [-0.3, -0.25) is 28.8 Å². The lowest BCUT2D eigenvalue weighted by Gasteiger charge is -2.41. The molecule has 6 aromatic rings. The second-order valence-electron chi connectivity index (χ2n) is 26.2. The van der Waals surface area contributed by atoms with Gasteiger partial charge in [0.25, 0.3) is 23.6 Å². The van der Waals surface area contributed by atoms with Gasteiger partial charge in [-0.15, -0.1) is 20.4 Å². The van der Waals surface area contributed by atoms with Gasteiger partial charge in [0.1, 0.15) is 6.04 Å². The van der Waals surface area contributed by atoms with Gasteiger partial charge in [0.05, 0.1) is 30.0 Å². The molecule has 466 valence electrons. The highest BCUT2D eigenvalue weighted by Gasteiger charge is 2.55. The third-order valence-corrected chi connectivity index (χ3v) is 19.8. The summed E-state index contributed by atoms with van der Waals surface area (Å²) in [6.07, 6.45) is 7.54. The van der Waals surface area contributed by atoms with Crippen LogP contribution in [0.4, 0.5) is 0 Å². The van der Waals surface area contributed by atoms with E-state index in [1.54, 1.807) is 33.1 Å². The number of hydrogen-bond acceptors (Lipinski definition) is 15. The number of likely N-dealkylation sites (tertiary alicyclic amines) is 2. The van der Waals surface area contributed by atoms with Crippen LogP contribution in [0.3, 0.4) is 0 Å². The molecule has 7 atom stereocenters. The maximum atomic E-state index is 13.5. The molecule has 6 amide bonds. The summed E-state index contributed by atoms with van der Waals surface area (Å²) < 4.78 is 0. The Hall–Kier alpha value is -8.75. The highest BCUT2D eigenvalue weighted by molar-refractivity contribution is 5.96. The standard InChI is InChI=1S/C33H39N9O3.C33H42N8O3/c1-18(2)27(37-17-29(43)42-24(16-34)13-23-14-28(23)42)15-33(32-38-40-41-39-32)25-9-7-21(30(44)35-3)11-19(25)5-6-20-12-22(31(45)36-4)8-10-26(20)33;1-32(2,3)27(36-18-28(42)41-13-12-21-16-26(21)41)17-33(31-37-39-40-38-31)24-10-8-22(29(43)34-4)14-19(24)6-7-20-15-23(30(44)35-5)9-11-25(20)33/h7-12,18,23-24,27-28,37H,5-6,13-15,17H2,1-4H3,(H,35,44)(H,36,45)(H,38,39,40,41);8-11,14-15,21,26-27,36H,6-7,12-13,16-18H2,1-5H3,(H,34,43)(H,35,44)(H,37,38,39,40)/t23-,24+,27+,28+;21-,26+,27+/m11/s1. The number of hydrogen-bond donors (Lipinski definition) is 8. The van der Waals surface area contributed by atoms with E-state index < -0.39 is 10.8 Å². The van der Waals surface area contributed by atoms with E-state index in [0.717, 1.165) is 76.7 Å². The van der Waals surface area contributed by atoms with Crippen LogP contribution in [0.2, 0.25) is 0 Å². The molecule has 4 aromatic carbocycles. The Labute approximate surface area is 518 Å². The number of piperidine rings is 2. The molecular weight excluding hydrogens is 1130 g/mol. The van der Waals surface area contributed by atoms with Crippen molar-refractivity contribution >= 4 is 35.4 Å². The molecule has 4 fully saturated rings. The molecule has 2 aliphatic heterocycles. The maximum absolute atomic E-state index is 13.5. The van der Waals surface area contributed by atoms with Gasteiger partial charge in [-0.2, -0.15) is 15.7 Å². The molecule has 8 N–H and O–H groups in total. The second kappa shape index (κ2) is 25.0. The Morgan fingerprint density at radius 3 is 1.38 bits per heavy atom. The van der Waals surface area contributed by atoms with Crippen LogP contribution in [-0.2, 0) is 46.1 Å². The minimum atomic E-state index is -0.925. The monoisotopic (exact) mass is 1210 g/mol. The van der Waals surface area contributed by atoms with Crippen LogP contribution >= 0.6 is 0 Å². The van der Waals surface area contributed by atoms with Crippen molar-refractivity contribution in [1.29, 1.82) is 5.26 Å². The molecule has 12 rings (SSSR count). The number of fused-ring (bicyclic) bond motifs is 6. The first-order valence-corrected chi connectivity index (χ1v) is 31.1. The predicted octanol–water partition coefficient (Wildman–Crippen LogP) is 4.24. The number of benzene rings is 4. The number of tetrazole rings is 2. The summed E-state index contributed by atoms with van der Waals surface area (Å²) in [5, 5.41) is 59.4. The Kier molecular flexibility index (Phi) is 17.4. The van der Waals surface area contributed by atoms with E-state index in [1.807, 2.05) is 77.7 Å². The number of aromatic amines is 2. The molecule has 89 heavy (non-hydrogen) atoms. The zero-order valence-corrected chi connectivity index (χ0v) is 52.2. The molecule has 2 saturated heterocycles. The highest BCUT2D eigenvalue weighted by atomic mass is 16.2. The Bertz CT molecular complexity index is 3590. The van der Waals surface area contributed by atoms with Gasteiger partial charge in [0.15, 0.2) is 11.6 Å². The van der Waals surface area contributed by atoms with Crippen molar-refractivity contribution in [2.24, 2.45) is 23.2 Å². The van der Waals surface area contributed by atoms with Crippen molar-refractivity contribution in [1.82, 2.24) is 82.9 Å². The Morgan fingerprint density at radius 1 is 0.596 bits per heavy atom. The van der Waals surface area contributed by atoms with E-state index in [2.05, 4.69) is 114 Å². The first-order chi connectivity index (χ1) is 42.8. The molecule has 0 bridgehead atoms. The lowest BCUT2D eigenvalue weighted by molar-refractivity contribution is -0.131. The van der Waals surface area contributed by atoms with Crippen LogP contribution in [0.15, 0.2) is 72.8 Å². The van der Waals surface area contributed by atoms with Crippen molar-refractivity contribution in [3.63, 3.8) is 0 Å². The first kappa shape index (κ1) is 61.9.